The number of phenolic OH excluding ortho intramolecular Hbond substituents is 1. The van der Waals surface area contributed by atoms with E-state index in [4.69, 9.17) is 4.74 Å². The molecule has 27 heavy (non-hydrogen) atoms. The van der Waals surface area contributed by atoms with Crippen molar-refractivity contribution in [3.63, 3.8) is 0 Å². The van der Waals surface area contributed by atoms with Crippen molar-refractivity contribution in [1.82, 2.24) is 10.2 Å². The van der Waals surface area contributed by atoms with Crippen LogP contribution in [0.3, 0.4) is 0 Å². The van der Waals surface area contributed by atoms with Gasteiger partial charge in [-0.3, -0.25) is 9.69 Å². The van der Waals surface area contributed by atoms with Crippen LogP contribution in [0.1, 0.15) is 38.5 Å². The number of nitrogens with one attached hydrogen (secondary N) is 1. The number of nitrogens with zero attached hydrogens (tertiary/aromatic N) is 2. The van der Waals surface area contributed by atoms with E-state index in [1.54, 1.807) is 12.1 Å². The van der Waals surface area contributed by atoms with Crippen molar-refractivity contribution in [3.05, 3.63) is 24.3 Å². The topological polar surface area (TPSA) is 65.0 Å². The lowest BCUT2D eigenvalue weighted by molar-refractivity contribution is -0.122. The van der Waals surface area contributed by atoms with Crippen LogP contribution in [-0.4, -0.2) is 67.9 Å². The molecule has 0 unspecified atom stereocenters. The quantitative estimate of drug-likeness (QED) is 0.683. The van der Waals surface area contributed by atoms with Gasteiger partial charge in [0.25, 0.3) is 0 Å². The van der Waals surface area contributed by atoms with Gasteiger partial charge in [-0.05, 0) is 43.5 Å². The van der Waals surface area contributed by atoms with Crippen LogP contribution in [0.4, 0.5) is 5.69 Å². The summed E-state index contributed by atoms with van der Waals surface area (Å²) in [5.41, 5.74) is 1.12. The Hall–Kier alpha value is -1.79. The summed E-state index contributed by atoms with van der Waals surface area (Å²) in [6.07, 6.45) is 7.66. The predicted octanol–water partition coefficient (Wildman–Crippen LogP) is 2.37. The molecule has 0 bridgehead atoms. The summed E-state index contributed by atoms with van der Waals surface area (Å²) in [4.78, 5) is 16.6. The first-order chi connectivity index (χ1) is 13.2. The number of rotatable bonds is 8. The summed E-state index contributed by atoms with van der Waals surface area (Å²) in [7, 11) is 0. The van der Waals surface area contributed by atoms with Gasteiger partial charge < -0.3 is 20.1 Å². The van der Waals surface area contributed by atoms with Crippen LogP contribution in [-0.2, 0) is 9.53 Å². The molecule has 1 aromatic carbocycles. The molecular formula is C21H33N3O3. The molecule has 2 N–H and O–H groups in total. The average molecular weight is 376 g/mol. The van der Waals surface area contributed by atoms with Crippen LogP contribution in [0.15, 0.2) is 24.3 Å². The van der Waals surface area contributed by atoms with E-state index in [0.717, 1.165) is 44.9 Å². The first-order valence-corrected chi connectivity index (χ1v) is 10.4. The van der Waals surface area contributed by atoms with Crippen LogP contribution in [0, 0.1) is 0 Å². The van der Waals surface area contributed by atoms with E-state index in [0.29, 0.717) is 19.2 Å². The third-order valence-corrected chi connectivity index (χ3v) is 5.50. The molecule has 1 saturated heterocycles. The zero-order chi connectivity index (χ0) is 18.9. The molecule has 0 aromatic heterocycles. The summed E-state index contributed by atoms with van der Waals surface area (Å²) < 4.78 is 5.89. The van der Waals surface area contributed by atoms with Gasteiger partial charge >= 0.3 is 0 Å². The lowest BCUT2D eigenvalue weighted by atomic mass is 9.98. The standard InChI is InChI=1S/C21H33N3O3/c25-19-9-7-18(8-10-19)24-14-12-23(13-15-24)17-21(26)22-11-4-16-27-20-5-2-1-3-6-20/h7-10,20,25H,1-6,11-17H2,(H,22,26). The van der Waals surface area contributed by atoms with Crippen molar-refractivity contribution in [2.75, 3.05) is 50.8 Å². The Morgan fingerprint density at radius 2 is 1.78 bits per heavy atom. The van der Waals surface area contributed by atoms with E-state index in [1.807, 2.05) is 12.1 Å². The molecule has 2 aliphatic rings. The van der Waals surface area contributed by atoms with Gasteiger partial charge in [-0.1, -0.05) is 19.3 Å². The first-order valence-electron chi connectivity index (χ1n) is 10.4. The molecule has 0 spiro atoms. The molecule has 1 aliphatic carbocycles. The molecule has 6 nitrogen and oxygen atoms in total. The van der Waals surface area contributed by atoms with E-state index in [1.165, 1.54) is 32.1 Å². The van der Waals surface area contributed by atoms with Gasteiger partial charge in [0.05, 0.1) is 12.6 Å². The molecule has 1 amide bonds. The molecule has 2 fully saturated rings. The fourth-order valence-electron chi connectivity index (χ4n) is 3.87. The number of piperazine rings is 1. The second kappa shape index (κ2) is 10.5. The van der Waals surface area contributed by atoms with Crippen molar-refractivity contribution >= 4 is 11.6 Å². The number of amides is 1. The number of aromatic hydroxyl groups is 1. The summed E-state index contributed by atoms with van der Waals surface area (Å²) in [5, 5.41) is 12.4. The maximum Gasteiger partial charge on any atom is 0.234 e. The molecule has 1 heterocycles. The lowest BCUT2D eigenvalue weighted by Gasteiger charge is -2.35. The average Bonchev–Trinajstić information content (AvgIpc) is 2.70. The number of hydrogen-bond acceptors (Lipinski definition) is 5. The number of carbonyl (C=O) groups is 1. The number of hydrogen-bond donors (Lipinski definition) is 2. The number of phenols is 1. The monoisotopic (exact) mass is 375 g/mol. The Balaban J connectivity index is 1.25. The van der Waals surface area contributed by atoms with Gasteiger partial charge in [0.2, 0.25) is 5.91 Å². The van der Waals surface area contributed by atoms with Crippen LogP contribution in [0.25, 0.3) is 0 Å². The lowest BCUT2D eigenvalue weighted by Crippen LogP contribution is -2.49. The third-order valence-electron chi connectivity index (χ3n) is 5.50. The van der Waals surface area contributed by atoms with Gasteiger partial charge in [-0.2, -0.15) is 0 Å². The first kappa shape index (κ1) is 20.0. The van der Waals surface area contributed by atoms with Crippen molar-refractivity contribution in [1.29, 1.82) is 0 Å². The largest absolute Gasteiger partial charge is 0.508 e. The normalized spacial score (nSPS) is 19.2. The molecule has 150 valence electrons. The molecule has 1 saturated carbocycles. The Bertz CT molecular complexity index is 565. The maximum atomic E-state index is 12.1. The Kier molecular flexibility index (Phi) is 7.78. The molecule has 6 heteroatoms. The number of benzene rings is 1. The van der Waals surface area contributed by atoms with E-state index in [-0.39, 0.29) is 11.7 Å². The maximum absolute atomic E-state index is 12.1. The SMILES string of the molecule is O=C(CN1CCN(c2ccc(O)cc2)CC1)NCCCOC1CCCCC1. The Labute approximate surface area is 162 Å². The minimum Gasteiger partial charge on any atom is -0.508 e. The van der Waals surface area contributed by atoms with Crippen LogP contribution in [0.5, 0.6) is 5.75 Å². The Morgan fingerprint density at radius 1 is 1.07 bits per heavy atom. The van der Waals surface area contributed by atoms with Crippen LogP contribution >= 0.6 is 0 Å². The second-order valence-corrected chi connectivity index (χ2v) is 7.61. The smallest absolute Gasteiger partial charge is 0.234 e. The van der Waals surface area contributed by atoms with E-state index < -0.39 is 0 Å². The highest BCUT2D eigenvalue weighted by atomic mass is 16.5. The fraction of sp³-hybridized carbons (Fsp3) is 0.667. The van der Waals surface area contributed by atoms with Crippen LogP contribution < -0.4 is 10.2 Å². The van der Waals surface area contributed by atoms with Crippen molar-refractivity contribution in [3.8, 4) is 5.75 Å². The molecule has 3 rings (SSSR count). The van der Waals surface area contributed by atoms with Gasteiger partial charge in [0.1, 0.15) is 5.75 Å². The van der Waals surface area contributed by atoms with Gasteiger partial charge in [-0.25, -0.2) is 0 Å². The summed E-state index contributed by atoms with van der Waals surface area (Å²) in [6, 6.07) is 7.31. The third kappa shape index (κ3) is 6.70. The molecule has 1 aromatic rings. The molecule has 1 aliphatic heterocycles. The summed E-state index contributed by atoms with van der Waals surface area (Å²) in [6.45, 7) is 5.45. The minimum absolute atomic E-state index is 0.103. The highest BCUT2D eigenvalue weighted by Crippen LogP contribution is 2.20. The van der Waals surface area contributed by atoms with Gasteiger partial charge in [-0.15, -0.1) is 0 Å². The zero-order valence-electron chi connectivity index (χ0n) is 16.2. The van der Waals surface area contributed by atoms with Crippen LogP contribution in [0.2, 0.25) is 0 Å². The molecular weight excluding hydrogens is 342 g/mol. The van der Waals surface area contributed by atoms with E-state index in [9.17, 15) is 9.90 Å². The number of anilines is 1. The fourth-order valence-corrected chi connectivity index (χ4v) is 3.87. The van der Waals surface area contributed by atoms with E-state index >= 15 is 0 Å². The minimum atomic E-state index is 0.103. The number of carbonyl (C=O) groups excluding carboxylic acids is 1. The van der Waals surface area contributed by atoms with Crippen molar-refractivity contribution in [2.45, 2.75) is 44.6 Å². The van der Waals surface area contributed by atoms with Gasteiger partial charge in [0.15, 0.2) is 0 Å². The van der Waals surface area contributed by atoms with Gasteiger partial charge in [0, 0.05) is 45.0 Å². The van der Waals surface area contributed by atoms with Crippen molar-refractivity contribution in [2.24, 2.45) is 0 Å². The summed E-state index contributed by atoms with van der Waals surface area (Å²) in [5.74, 6) is 0.393. The Morgan fingerprint density at radius 3 is 2.48 bits per heavy atom. The summed E-state index contributed by atoms with van der Waals surface area (Å²) >= 11 is 0. The second-order valence-electron chi connectivity index (χ2n) is 7.61. The predicted molar refractivity (Wildman–Crippen MR) is 107 cm³/mol. The highest BCUT2D eigenvalue weighted by Gasteiger charge is 2.19. The molecule has 0 radical (unpaired) electrons. The number of ether oxygens (including phenoxy) is 1. The highest BCUT2D eigenvalue weighted by molar-refractivity contribution is 5.78. The van der Waals surface area contributed by atoms with Crippen molar-refractivity contribution < 1.29 is 14.6 Å². The zero-order valence-corrected chi connectivity index (χ0v) is 16.2. The van der Waals surface area contributed by atoms with E-state index in [2.05, 4.69) is 15.1 Å². The molecule has 0 atom stereocenters.